The Morgan fingerprint density at radius 3 is 2.50 bits per heavy atom. The summed E-state index contributed by atoms with van der Waals surface area (Å²) in [5, 5.41) is 4.32. The van der Waals surface area contributed by atoms with Gasteiger partial charge >= 0.3 is 12.1 Å². The molecule has 3 rings (SSSR count). The van der Waals surface area contributed by atoms with E-state index < -0.39 is 17.7 Å². The molecule has 128 valence electrons. The third kappa shape index (κ3) is 2.83. The lowest BCUT2D eigenvalue weighted by Crippen LogP contribution is -2.22. The van der Waals surface area contributed by atoms with Crippen molar-refractivity contribution in [3.05, 3.63) is 46.6 Å². The van der Waals surface area contributed by atoms with E-state index in [2.05, 4.69) is 5.10 Å². The number of anilines is 1. The van der Waals surface area contributed by atoms with Gasteiger partial charge in [-0.15, -0.1) is 0 Å². The SMILES string of the molecule is COC(=O)c1c(C)nn2c1N(Cc1ccc(C(F)(F)F)cc1)CC2. The molecule has 8 heteroatoms. The molecule has 2 aromatic rings. The first-order valence-corrected chi connectivity index (χ1v) is 7.38. The van der Waals surface area contributed by atoms with E-state index in [9.17, 15) is 18.0 Å². The van der Waals surface area contributed by atoms with Crippen LogP contribution >= 0.6 is 0 Å². The van der Waals surface area contributed by atoms with Gasteiger partial charge in [-0.2, -0.15) is 18.3 Å². The quantitative estimate of drug-likeness (QED) is 0.807. The molecule has 0 amide bonds. The summed E-state index contributed by atoms with van der Waals surface area (Å²) in [6.45, 7) is 3.38. The van der Waals surface area contributed by atoms with Gasteiger partial charge in [0.1, 0.15) is 11.4 Å². The molecule has 0 atom stereocenters. The number of ether oxygens (including phenoxy) is 1. The van der Waals surface area contributed by atoms with E-state index in [1.807, 2.05) is 4.90 Å². The van der Waals surface area contributed by atoms with Crippen LogP contribution in [0.3, 0.4) is 0 Å². The maximum Gasteiger partial charge on any atom is 0.416 e. The minimum absolute atomic E-state index is 0.396. The average Bonchev–Trinajstić information content (AvgIpc) is 3.05. The average molecular weight is 339 g/mol. The summed E-state index contributed by atoms with van der Waals surface area (Å²) >= 11 is 0. The molecule has 2 heterocycles. The predicted molar refractivity (Wildman–Crippen MR) is 80.8 cm³/mol. The van der Waals surface area contributed by atoms with Gasteiger partial charge in [0.05, 0.1) is 24.9 Å². The molecule has 0 N–H and O–H groups in total. The second kappa shape index (κ2) is 5.85. The summed E-state index contributed by atoms with van der Waals surface area (Å²) in [7, 11) is 1.31. The van der Waals surface area contributed by atoms with E-state index in [0.717, 1.165) is 17.7 Å². The topological polar surface area (TPSA) is 47.4 Å². The highest BCUT2D eigenvalue weighted by Gasteiger charge is 2.32. The molecule has 1 aliphatic heterocycles. The molecule has 0 aliphatic carbocycles. The van der Waals surface area contributed by atoms with Gasteiger partial charge in [-0.1, -0.05) is 12.1 Å². The number of hydrogen-bond acceptors (Lipinski definition) is 4. The molecule has 0 unspecified atom stereocenters. The normalized spacial score (nSPS) is 14.0. The summed E-state index contributed by atoms with van der Waals surface area (Å²) in [4.78, 5) is 13.9. The molecule has 0 saturated carbocycles. The van der Waals surface area contributed by atoms with Crippen molar-refractivity contribution in [3.63, 3.8) is 0 Å². The first-order valence-electron chi connectivity index (χ1n) is 7.38. The summed E-state index contributed by atoms with van der Waals surface area (Å²) in [5.41, 5.74) is 1.03. The van der Waals surface area contributed by atoms with Crippen LogP contribution in [0.1, 0.15) is 27.2 Å². The van der Waals surface area contributed by atoms with Crippen LogP contribution in [0, 0.1) is 6.92 Å². The van der Waals surface area contributed by atoms with Crippen LogP contribution in [0.4, 0.5) is 19.0 Å². The third-order valence-corrected chi connectivity index (χ3v) is 4.03. The molecule has 1 aromatic carbocycles. The van der Waals surface area contributed by atoms with Gasteiger partial charge in [-0.05, 0) is 24.6 Å². The molecular formula is C16H16F3N3O2. The van der Waals surface area contributed by atoms with Crippen molar-refractivity contribution >= 4 is 11.8 Å². The first kappa shape index (κ1) is 16.4. The van der Waals surface area contributed by atoms with Crippen LogP contribution in [-0.2, 0) is 24.0 Å². The van der Waals surface area contributed by atoms with E-state index in [1.165, 1.54) is 19.2 Å². The van der Waals surface area contributed by atoms with Gasteiger partial charge in [0.15, 0.2) is 0 Å². The molecule has 1 aromatic heterocycles. The highest BCUT2D eigenvalue weighted by atomic mass is 19.4. The van der Waals surface area contributed by atoms with Crippen molar-refractivity contribution < 1.29 is 22.7 Å². The van der Waals surface area contributed by atoms with Gasteiger partial charge in [0.2, 0.25) is 0 Å². The number of halogens is 3. The first-order chi connectivity index (χ1) is 11.3. The van der Waals surface area contributed by atoms with Crippen molar-refractivity contribution in [3.8, 4) is 0 Å². The third-order valence-electron chi connectivity index (χ3n) is 4.03. The zero-order valence-electron chi connectivity index (χ0n) is 13.2. The molecule has 1 aliphatic rings. The molecule has 24 heavy (non-hydrogen) atoms. The van der Waals surface area contributed by atoms with Crippen LogP contribution in [0.15, 0.2) is 24.3 Å². The number of benzene rings is 1. The highest BCUT2D eigenvalue weighted by Crippen LogP contribution is 2.32. The number of methoxy groups -OCH3 is 1. The van der Waals surface area contributed by atoms with Crippen molar-refractivity contribution in [1.29, 1.82) is 0 Å². The lowest BCUT2D eigenvalue weighted by atomic mass is 10.1. The van der Waals surface area contributed by atoms with Crippen LogP contribution in [0.25, 0.3) is 0 Å². The number of aromatic nitrogens is 2. The Bertz CT molecular complexity index is 766. The molecule has 0 bridgehead atoms. The molecule has 0 radical (unpaired) electrons. The van der Waals surface area contributed by atoms with E-state index in [0.29, 0.717) is 36.7 Å². The number of aryl methyl sites for hydroxylation is 1. The van der Waals surface area contributed by atoms with Crippen molar-refractivity contribution in [2.75, 3.05) is 18.6 Å². The molecule has 0 fully saturated rings. The van der Waals surface area contributed by atoms with Crippen LogP contribution in [0.2, 0.25) is 0 Å². The fourth-order valence-corrected chi connectivity index (χ4v) is 2.88. The smallest absolute Gasteiger partial charge is 0.416 e. The van der Waals surface area contributed by atoms with E-state index >= 15 is 0 Å². The monoisotopic (exact) mass is 339 g/mol. The van der Waals surface area contributed by atoms with Crippen molar-refractivity contribution in [2.24, 2.45) is 0 Å². The largest absolute Gasteiger partial charge is 0.465 e. The zero-order valence-corrected chi connectivity index (χ0v) is 13.2. The Morgan fingerprint density at radius 2 is 1.92 bits per heavy atom. The van der Waals surface area contributed by atoms with Gasteiger partial charge in [0.25, 0.3) is 0 Å². The molecule has 0 spiro atoms. The maximum atomic E-state index is 12.6. The van der Waals surface area contributed by atoms with Crippen LogP contribution in [0.5, 0.6) is 0 Å². The number of carbonyl (C=O) groups is 1. The Kier molecular flexibility index (Phi) is 3.98. The second-order valence-corrected chi connectivity index (χ2v) is 5.61. The van der Waals surface area contributed by atoms with Gasteiger partial charge < -0.3 is 9.64 Å². The molecular weight excluding hydrogens is 323 g/mol. The minimum atomic E-state index is -4.35. The maximum absolute atomic E-state index is 12.6. The number of esters is 1. The fourth-order valence-electron chi connectivity index (χ4n) is 2.88. The fraction of sp³-hybridized carbons (Fsp3) is 0.375. The molecule has 5 nitrogen and oxygen atoms in total. The lowest BCUT2D eigenvalue weighted by molar-refractivity contribution is -0.137. The zero-order chi connectivity index (χ0) is 17.5. The molecule has 0 saturated heterocycles. The van der Waals surface area contributed by atoms with E-state index in [1.54, 1.807) is 11.6 Å². The predicted octanol–water partition coefficient (Wildman–Crippen LogP) is 3.02. The minimum Gasteiger partial charge on any atom is -0.465 e. The second-order valence-electron chi connectivity index (χ2n) is 5.61. The lowest BCUT2D eigenvalue weighted by Gasteiger charge is -2.19. The van der Waals surface area contributed by atoms with E-state index in [4.69, 9.17) is 4.74 Å². The van der Waals surface area contributed by atoms with Crippen LogP contribution < -0.4 is 4.90 Å². The summed E-state index contributed by atoms with van der Waals surface area (Å²) in [6.07, 6.45) is -4.35. The number of nitrogens with zero attached hydrogens (tertiary/aromatic N) is 3. The summed E-state index contributed by atoms with van der Waals surface area (Å²) < 4.78 is 44.4. The van der Waals surface area contributed by atoms with Gasteiger partial charge in [-0.25, -0.2) is 9.48 Å². The van der Waals surface area contributed by atoms with Gasteiger partial charge in [0, 0.05) is 13.1 Å². The number of rotatable bonds is 3. The Labute approximate surface area is 136 Å². The van der Waals surface area contributed by atoms with Crippen molar-refractivity contribution in [2.45, 2.75) is 26.2 Å². The summed E-state index contributed by atoms with van der Waals surface area (Å²) in [5.74, 6) is 0.187. The number of fused-ring (bicyclic) bond motifs is 1. The number of hydrogen-bond donors (Lipinski definition) is 0. The summed E-state index contributed by atoms with van der Waals surface area (Å²) in [6, 6.07) is 5.03. The number of alkyl halides is 3. The van der Waals surface area contributed by atoms with Crippen molar-refractivity contribution in [1.82, 2.24) is 9.78 Å². The Morgan fingerprint density at radius 1 is 1.25 bits per heavy atom. The van der Waals surface area contributed by atoms with E-state index in [-0.39, 0.29) is 0 Å². The highest BCUT2D eigenvalue weighted by molar-refractivity contribution is 5.96. The Hall–Kier alpha value is -2.51. The van der Waals surface area contributed by atoms with Gasteiger partial charge in [-0.3, -0.25) is 0 Å². The van der Waals surface area contributed by atoms with Crippen LogP contribution in [-0.4, -0.2) is 29.4 Å². The number of carbonyl (C=O) groups excluding carboxylic acids is 1. The standard InChI is InChI=1S/C16H16F3N3O2/c1-10-13(15(23)24-2)14-21(7-8-22(14)20-10)9-11-3-5-12(6-4-11)16(17,18)19/h3-6H,7-9H2,1-2H3. The Balaban J connectivity index is 1.86.